The van der Waals surface area contributed by atoms with Crippen LogP contribution in [0, 0.1) is 0 Å². The summed E-state index contributed by atoms with van der Waals surface area (Å²) in [6.45, 7) is 39.0. The van der Waals surface area contributed by atoms with E-state index >= 15 is 0 Å². The number of aliphatic hydroxyl groups excluding tert-OH is 4. The second-order valence-corrected chi connectivity index (χ2v) is 28.2. The Morgan fingerprint density at radius 1 is 0.274 bits per heavy atom. The van der Waals surface area contributed by atoms with Gasteiger partial charge >= 0.3 is 77.6 Å². The predicted octanol–water partition coefficient (Wildman–Crippen LogP) is 10.2. The Kier molecular flexibility index (Phi) is 92.3. The van der Waals surface area contributed by atoms with Crippen LogP contribution in [0.4, 0.5) is 0 Å². The van der Waals surface area contributed by atoms with Crippen molar-refractivity contribution in [1.82, 2.24) is 0 Å². The van der Waals surface area contributed by atoms with Crippen LogP contribution in [0.1, 0.15) is 244 Å². The van der Waals surface area contributed by atoms with Crippen molar-refractivity contribution < 1.29 is 173 Å². The minimum absolute atomic E-state index is 0. The van der Waals surface area contributed by atoms with Crippen LogP contribution < -0.4 is 0 Å². The number of hydrogen-bond donors (Lipinski definition) is 5. The highest BCUT2D eigenvalue weighted by Crippen LogP contribution is 2.11. The van der Waals surface area contributed by atoms with E-state index < -0.39 is 47.9 Å². The number of hydrogen-bond acceptors (Lipinski definition) is 35. The summed E-state index contributed by atoms with van der Waals surface area (Å²) in [5.74, 6) is -5.90. The standard InChI is InChI=1S/C24H46O9.C24H40O9.C17H28O7.C12H20O5.C10H14O6.CH4/c1-17(2)24(26)28-10-9-27-12-19(4)30-14-21(6)32-16-23(8)33-15-22(7)31-13-20(5)29-11-18(3)25;1-20(2)24(29)33-19-18-32-23(28)14-8-5-11-17-31-22(27)13-7-4-10-16-30-21(26)12-6-3-9-15-25;1-2-15(19)23-13-14-24-17(21)10-6-4-8-12-22-16(20)9-5-3-7-11-18;1-10(2)12(15)17-9-8-16-11(14)6-4-3-5-7-13;1-7(2)10(14)16-6-5-15-9(13)4-3-8(11)12;/h18-23,25H,1,9-16H2,2-8H3;25H,1,3-19H2,2H3;2,18H,1,3-14H2;13H,1,3-9H2,2H3;1,3-6H2,2H3,(H,11,12);1H4. The molecule has 0 aliphatic rings. The van der Waals surface area contributed by atoms with E-state index in [4.69, 9.17) is 91.5 Å². The van der Waals surface area contributed by atoms with E-state index in [9.17, 15) is 67.4 Å². The molecule has 0 bridgehead atoms. The molecule has 0 saturated heterocycles. The summed E-state index contributed by atoms with van der Waals surface area (Å²) in [5.41, 5.74) is 1.24. The molecule has 0 aliphatic heterocycles. The van der Waals surface area contributed by atoms with Gasteiger partial charge in [0.1, 0.15) is 59.5 Å². The Morgan fingerprint density at radius 3 is 0.734 bits per heavy atom. The Hall–Kier alpha value is -8.59. The lowest BCUT2D eigenvalue weighted by Crippen LogP contribution is -2.29. The van der Waals surface area contributed by atoms with Crippen molar-refractivity contribution in [2.45, 2.75) is 280 Å². The highest BCUT2D eigenvalue weighted by atomic mass is 16.6. The maximum atomic E-state index is 11.7. The average Bonchev–Trinajstić information content (AvgIpc) is 0.960. The number of carbonyl (C=O) groups is 13. The number of unbranched alkanes of at least 4 members (excludes halogenated alkanes) is 12. The van der Waals surface area contributed by atoms with Crippen LogP contribution >= 0.6 is 0 Å². The van der Waals surface area contributed by atoms with Gasteiger partial charge in [-0.3, -0.25) is 38.4 Å². The quantitative estimate of drug-likeness (QED) is 0.0163. The van der Waals surface area contributed by atoms with E-state index in [1.54, 1.807) is 27.7 Å². The molecule has 0 amide bonds. The second kappa shape index (κ2) is 90.6. The maximum Gasteiger partial charge on any atom is 0.333 e. The fourth-order valence-electron chi connectivity index (χ4n) is 8.50. The molecule has 0 heterocycles. The van der Waals surface area contributed by atoms with Gasteiger partial charge in [-0.2, -0.15) is 0 Å². The van der Waals surface area contributed by atoms with E-state index in [2.05, 4.69) is 47.1 Å². The highest BCUT2D eigenvalue weighted by molar-refractivity contribution is 5.88. The monoisotopic (exact) mass is 1790 g/mol. The lowest BCUT2D eigenvalue weighted by molar-refractivity contribution is -0.151. The minimum Gasteiger partial charge on any atom is -0.481 e. The number of carboxylic acids is 1. The molecule has 124 heavy (non-hydrogen) atoms. The molecule has 0 saturated carbocycles. The molecule has 0 aromatic rings. The summed E-state index contributed by atoms with van der Waals surface area (Å²) in [6.07, 6.45) is 14.6. The first-order valence-corrected chi connectivity index (χ1v) is 42.1. The van der Waals surface area contributed by atoms with E-state index in [0.29, 0.717) is 173 Å². The maximum absolute atomic E-state index is 11.7. The largest absolute Gasteiger partial charge is 0.481 e. The first kappa shape index (κ1) is 126. The Labute approximate surface area is 734 Å². The number of ether oxygens (including phenoxy) is 18. The molecule has 0 aromatic heterocycles. The number of esters is 12. The summed E-state index contributed by atoms with van der Waals surface area (Å²) in [4.78, 5) is 145. The number of carbonyl (C=O) groups excluding carboxylic acids is 12. The van der Waals surface area contributed by atoms with Crippen molar-refractivity contribution >= 4 is 77.6 Å². The van der Waals surface area contributed by atoms with E-state index in [0.717, 1.165) is 57.4 Å². The Bertz CT molecular complexity index is 2890. The SMILES string of the molecule is C.C=C(C)C(=O)OCCOC(=O)CCC(=O)O.C=C(C)C(=O)OCCOC(=O)CCCCCO.C=C(C)C(=O)OCCOC(=O)CCCCCOC(=O)CCCCCOC(=O)CCCCCO.C=C(C)C(=O)OCCOCC(C)OCC(C)OCC(C)OCC(C)OCC(C)OCC(C)O.C=CC(=O)OCCOC(=O)CCCCCOC(=O)CCCCCO. The third kappa shape index (κ3) is 98.8. The van der Waals surface area contributed by atoms with Crippen molar-refractivity contribution in [3.63, 3.8) is 0 Å². The van der Waals surface area contributed by atoms with Gasteiger partial charge in [0.25, 0.3) is 0 Å². The first-order chi connectivity index (χ1) is 58.5. The zero-order valence-electron chi connectivity index (χ0n) is 74.9. The Balaban J connectivity index is -0.000000360. The second-order valence-electron chi connectivity index (χ2n) is 28.2. The van der Waals surface area contributed by atoms with E-state index in [1.807, 2.05) is 34.6 Å². The van der Waals surface area contributed by atoms with Crippen LogP contribution in [-0.4, -0.2) is 285 Å². The van der Waals surface area contributed by atoms with Gasteiger partial charge in [0.2, 0.25) is 0 Å². The van der Waals surface area contributed by atoms with Crippen LogP contribution in [0.5, 0.6) is 0 Å². The average molecular weight is 1790 g/mol. The molecular formula is C88H152O36. The number of carboxylic acid groups (broad SMARTS) is 1. The third-order valence-electron chi connectivity index (χ3n) is 15.3. The molecule has 0 aromatic carbocycles. The molecular weight excluding hydrogens is 1630 g/mol. The zero-order valence-corrected chi connectivity index (χ0v) is 74.9. The molecule has 6 atom stereocenters. The highest BCUT2D eigenvalue weighted by Gasteiger charge is 2.17. The molecule has 36 nitrogen and oxygen atoms in total. The van der Waals surface area contributed by atoms with E-state index in [-0.39, 0.29) is 184 Å². The minimum atomic E-state index is -1.06. The molecule has 0 rings (SSSR count). The fourth-order valence-corrected chi connectivity index (χ4v) is 8.50. The van der Waals surface area contributed by atoms with Crippen LogP contribution in [0.3, 0.4) is 0 Å². The van der Waals surface area contributed by atoms with Crippen LogP contribution in [0.15, 0.2) is 61.3 Å². The topological polar surface area (TPSA) is 489 Å². The normalized spacial score (nSPS) is 11.8. The van der Waals surface area contributed by atoms with Crippen LogP contribution in [0.25, 0.3) is 0 Å². The van der Waals surface area contributed by atoms with Gasteiger partial charge in [-0.05, 0) is 166 Å². The van der Waals surface area contributed by atoms with Gasteiger partial charge in [0.05, 0.1) is 116 Å². The summed E-state index contributed by atoms with van der Waals surface area (Å²) < 4.78 is 92.4. The predicted molar refractivity (Wildman–Crippen MR) is 456 cm³/mol. The fraction of sp³-hybridized carbons (Fsp3) is 0.739. The van der Waals surface area contributed by atoms with Gasteiger partial charge in [0.15, 0.2) is 0 Å². The smallest absolute Gasteiger partial charge is 0.333 e. The molecule has 6 unspecified atom stereocenters. The Morgan fingerprint density at radius 2 is 0.492 bits per heavy atom. The lowest BCUT2D eigenvalue weighted by atomic mass is 10.2. The molecule has 36 heteroatoms. The van der Waals surface area contributed by atoms with Crippen LogP contribution in [0.2, 0.25) is 0 Å². The van der Waals surface area contributed by atoms with Crippen LogP contribution in [-0.2, 0) is 148 Å². The van der Waals surface area contributed by atoms with Gasteiger partial charge in [-0.25, -0.2) is 24.0 Å². The molecule has 720 valence electrons. The van der Waals surface area contributed by atoms with Crippen molar-refractivity contribution in [3.05, 3.63) is 61.3 Å². The molecule has 0 radical (unpaired) electrons. The molecule has 0 aliphatic carbocycles. The summed E-state index contributed by atoms with van der Waals surface area (Å²) in [5, 5.41) is 43.3. The molecule has 0 fully saturated rings. The van der Waals surface area contributed by atoms with Gasteiger partial charge in [-0.1, -0.05) is 59.6 Å². The molecule has 0 spiro atoms. The van der Waals surface area contributed by atoms with Crippen molar-refractivity contribution in [1.29, 1.82) is 0 Å². The molecule has 5 N–H and O–H groups in total. The zero-order chi connectivity index (χ0) is 93.7. The van der Waals surface area contributed by atoms with Crippen molar-refractivity contribution in [2.75, 3.05) is 145 Å². The number of aliphatic carboxylic acids is 1. The van der Waals surface area contributed by atoms with Gasteiger partial charge < -0.3 is 111 Å². The summed E-state index contributed by atoms with van der Waals surface area (Å²) in [6, 6.07) is 0. The third-order valence-corrected chi connectivity index (χ3v) is 15.3. The van der Waals surface area contributed by atoms with Gasteiger partial charge in [-0.15, -0.1) is 0 Å². The van der Waals surface area contributed by atoms with Crippen molar-refractivity contribution in [3.8, 4) is 0 Å². The first-order valence-electron chi connectivity index (χ1n) is 42.1. The number of rotatable bonds is 73. The summed E-state index contributed by atoms with van der Waals surface area (Å²) in [7, 11) is 0. The van der Waals surface area contributed by atoms with E-state index in [1.165, 1.54) is 6.92 Å². The lowest BCUT2D eigenvalue weighted by Gasteiger charge is -2.22. The van der Waals surface area contributed by atoms with Crippen molar-refractivity contribution in [2.24, 2.45) is 0 Å². The van der Waals surface area contributed by atoms with Gasteiger partial charge in [0, 0.05) is 86.7 Å². The summed E-state index contributed by atoms with van der Waals surface area (Å²) >= 11 is 0. The number of aliphatic hydroxyl groups is 4.